The van der Waals surface area contributed by atoms with E-state index < -0.39 is 12.6 Å². The molecule has 2 rings (SSSR count). The van der Waals surface area contributed by atoms with E-state index in [-0.39, 0.29) is 0 Å². The third-order valence-corrected chi connectivity index (χ3v) is 2.85. The quantitative estimate of drug-likeness (QED) is 0.662. The first-order valence-corrected chi connectivity index (χ1v) is 5.52. The van der Waals surface area contributed by atoms with Crippen LogP contribution in [0.25, 0.3) is 10.9 Å². The Labute approximate surface area is 104 Å². The molecule has 2 aromatic rings. The lowest BCUT2D eigenvalue weighted by molar-refractivity contribution is -0.142. The minimum atomic E-state index is -1.04. The van der Waals surface area contributed by atoms with E-state index in [0.717, 1.165) is 22.2 Å². The maximum absolute atomic E-state index is 10.3. The molecule has 0 aliphatic carbocycles. The molecule has 1 heterocycles. The molecule has 0 aliphatic rings. The minimum absolute atomic E-state index is 0.431. The van der Waals surface area contributed by atoms with Gasteiger partial charge in [-0.15, -0.1) is 0 Å². The second-order valence-corrected chi connectivity index (χ2v) is 3.99. The van der Waals surface area contributed by atoms with E-state index in [1.165, 1.54) is 6.21 Å². The van der Waals surface area contributed by atoms with Gasteiger partial charge in [-0.25, -0.2) is 4.79 Å². The number of aliphatic carboxylic acids is 1. The van der Waals surface area contributed by atoms with Gasteiger partial charge in [-0.3, -0.25) is 0 Å². The van der Waals surface area contributed by atoms with Crippen molar-refractivity contribution >= 4 is 23.1 Å². The third-order valence-electron chi connectivity index (χ3n) is 2.85. The average Bonchev–Trinajstić information content (AvgIpc) is 2.59. The molecule has 0 unspecified atom stereocenters. The van der Waals surface area contributed by atoms with Crippen LogP contribution >= 0.6 is 0 Å². The highest BCUT2D eigenvalue weighted by molar-refractivity contribution is 5.94. The summed E-state index contributed by atoms with van der Waals surface area (Å²) in [5.41, 5.74) is 3.10. The Kier molecular flexibility index (Phi) is 3.32. The van der Waals surface area contributed by atoms with Crippen molar-refractivity contribution in [3.05, 3.63) is 35.5 Å². The van der Waals surface area contributed by atoms with Crippen molar-refractivity contribution in [2.45, 2.75) is 6.92 Å². The van der Waals surface area contributed by atoms with Crippen LogP contribution in [0.2, 0.25) is 0 Å². The van der Waals surface area contributed by atoms with Crippen LogP contribution in [-0.4, -0.2) is 28.5 Å². The average molecular weight is 246 g/mol. The third kappa shape index (κ3) is 2.20. The van der Waals surface area contributed by atoms with E-state index in [4.69, 9.17) is 5.11 Å². The summed E-state index contributed by atoms with van der Waals surface area (Å²) in [4.78, 5) is 14.9. The number of nitrogens with zero attached hydrogens (tertiary/aromatic N) is 2. The van der Waals surface area contributed by atoms with Gasteiger partial charge < -0.3 is 14.5 Å². The second kappa shape index (κ2) is 4.91. The lowest BCUT2D eigenvalue weighted by Crippen LogP contribution is -2.04. The van der Waals surface area contributed by atoms with Crippen molar-refractivity contribution in [2.24, 2.45) is 12.2 Å². The van der Waals surface area contributed by atoms with Crippen LogP contribution in [0.15, 0.2) is 29.4 Å². The second-order valence-electron chi connectivity index (χ2n) is 3.99. The highest BCUT2D eigenvalue weighted by Gasteiger charge is 2.09. The van der Waals surface area contributed by atoms with Crippen molar-refractivity contribution in [1.29, 1.82) is 0 Å². The number of carbonyl (C=O) groups is 1. The Hall–Kier alpha value is -2.30. The van der Waals surface area contributed by atoms with Crippen molar-refractivity contribution in [3.63, 3.8) is 0 Å². The van der Waals surface area contributed by atoms with Crippen LogP contribution < -0.4 is 0 Å². The Bertz CT molecular complexity index is 575. The van der Waals surface area contributed by atoms with Gasteiger partial charge in [0.25, 0.3) is 0 Å². The SMILES string of the molecule is Cc1c(/C=N/OCC(=O)O)n(C)c2ccccc12. The molecule has 0 fully saturated rings. The highest BCUT2D eigenvalue weighted by Crippen LogP contribution is 2.22. The van der Waals surface area contributed by atoms with Crippen LogP contribution in [0, 0.1) is 6.92 Å². The monoisotopic (exact) mass is 246 g/mol. The maximum atomic E-state index is 10.3. The number of carboxylic acid groups (broad SMARTS) is 1. The van der Waals surface area contributed by atoms with E-state index in [1.54, 1.807) is 0 Å². The van der Waals surface area contributed by atoms with Crippen molar-refractivity contribution in [2.75, 3.05) is 6.61 Å². The number of rotatable bonds is 4. The number of hydrogen-bond acceptors (Lipinski definition) is 3. The predicted molar refractivity (Wildman–Crippen MR) is 68.8 cm³/mol. The van der Waals surface area contributed by atoms with E-state index in [9.17, 15) is 4.79 Å². The fourth-order valence-electron chi connectivity index (χ4n) is 1.97. The molecule has 18 heavy (non-hydrogen) atoms. The first-order valence-electron chi connectivity index (χ1n) is 5.52. The van der Waals surface area contributed by atoms with Gasteiger partial charge in [-0.1, -0.05) is 23.4 Å². The first-order chi connectivity index (χ1) is 8.61. The van der Waals surface area contributed by atoms with Crippen molar-refractivity contribution in [3.8, 4) is 0 Å². The fraction of sp³-hybridized carbons (Fsp3) is 0.231. The lowest BCUT2D eigenvalue weighted by atomic mass is 10.1. The van der Waals surface area contributed by atoms with Gasteiger partial charge in [0.2, 0.25) is 6.61 Å². The summed E-state index contributed by atoms with van der Waals surface area (Å²) in [6.07, 6.45) is 1.54. The summed E-state index contributed by atoms with van der Waals surface area (Å²) in [7, 11) is 1.94. The number of fused-ring (bicyclic) bond motifs is 1. The summed E-state index contributed by atoms with van der Waals surface area (Å²) in [6, 6.07) is 8.03. The normalized spacial score (nSPS) is 11.2. The summed E-state index contributed by atoms with van der Waals surface area (Å²) in [6.45, 7) is 1.57. The standard InChI is InChI=1S/C13H14N2O3/c1-9-10-5-3-4-6-11(10)15(2)12(9)7-14-18-8-13(16)17/h3-7H,8H2,1-2H3,(H,16,17)/b14-7+. The minimum Gasteiger partial charge on any atom is -0.479 e. The molecule has 0 saturated heterocycles. The van der Waals surface area contributed by atoms with Crippen LogP contribution in [-0.2, 0) is 16.7 Å². The lowest BCUT2D eigenvalue weighted by Gasteiger charge is -1.99. The molecule has 0 aliphatic heterocycles. The molecular weight excluding hydrogens is 232 g/mol. The van der Waals surface area contributed by atoms with Crippen LogP contribution in [0.1, 0.15) is 11.3 Å². The van der Waals surface area contributed by atoms with Crippen molar-refractivity contribution < 1.29 is 14.7 Å². The number of oxime groups is 1. The molecular formula is C13H14N2O3. The Balaban J connectivity index is 2.31. The summed E-state index contributed by atoms with van der Waals surface area (Å²) in [5, 5.41) is 13.3. The van der Waals surface area contributed by atoms with E-state index in [0.29, 0.717) is 0 Å². The molecule has 1 aromatic carbocycles. The topological polar surface area (TPSA) is 63.8 Å². The molecule has 1 N–H and O–H groups in total. The van der Waals surface area contributed by atoms with Crippen LogP contribution in [0.4, 0.5) is 0 Å². The fourth-order valence-corrected chi connectivity index (χ4v) is 1.97. The highest BCUT2D eigenvalue weighted by atomic mass is 16.6. The van der Waals surface area contributed by atoms with Gasteiger partial charge in [-0.2, -0.15) is 0 Å². The number of benzene rings is 1. The number of aromatic nitrogens is 1. The zero-order valence-electron chi connectivity index (χ0n) is 10.3. The molecule has 94 valence electrons. The van der Waals surface area contributed by atoms with Crippen LogP contribution in [0.5, 0.6) is 0 Å². The van der Waals surface area contributed by atoms with Gasteiger partial charge in [-0.05, 0) is 18.6 Å². The summed E-state index contributed by atoms with van der Waals surface area (Å²) >= 11 is 0. The molecule has 1 aromatic heterocycles. The molecule has 0 spiro atoms. The number of hydrogen-bond donors (Lipinski definition) is 1. The molecule has 0 radical (unpaired) electrons. The number of aryl methyl sites for hydroxylation is 2. The summed E-state index contributed by atoms with van der Waals surface area (Å²) in [5.74, 6) is -1.04. The van der Waals surface area contributed by atoms with Gasteiger partial charge in [0, 0.05) is 18.0 Å². The molecule has 0 atom stereocenters. The smallest absolute Gasteiger partial charge is 0.344 e. The Morgan fingerprint density at radius 2 is 2.22 bits per heavy atom. The number of carboxylic acids is 1. The van der Waals surface area contributed by atoms with Gasteiger partial charge in [0.15, 0.2) is 0 Å². The Morgan fingerprint density at radius 1 is 1.50 bits per heavy atom. The zero-order chi connectivity index (χ0) is 13.1. The Morgan fingerprint density at radius 3 is 2.89 bits per heavy atom. The van der Waals surface area contributed by atoms with E-state index >= 15 is 0 Å². The van der Waals surface area contributed by atoms with E-state index in [1.807, 2.05) is 42.8 Å². The van der Waals surface area contributed by atoms with Gasteiger partial charge in [0.1, 0.15) is 0 Å². The molecule has 5 nitrogen and oxygen atoms in total. The van der Waals surface area contributed by atoms with Gasteiger partial charge in [0.05, 0.1) is 11.9 Å². The molecule has 0 saturated carbocycles. The first kappa shape index (κ1) is 12.2. The van der Waals surface area contributed by atoms with Crippen LogP contribution in [0.3, 0.4) is 0 Å². The predicted octanol–water partition coefficient (Wildman–Crippen LogP) is 1.92. The largest absolute Gasteiger partial charge is 0.479 e. The van der Waals surface area contributed by atoms with Gasteiger partial charge >= 0.3 is 5.97 Å². The van der Waals surface area contributed by atoms with E-state index in [2.05, 4.69) is 9.99 Å². The van der Waals surface area contributed by atoms with Crippen molar-refractivity contribution in [1.82, 2.24) is 4.57 Å². The molecule has 0 amide bonds. The molecule has 5 heteroatoms. The molecule has 0 bridgehead atoms. The number of para-hydroxylation sites is 1. The maximum Gasteiger partial charge on any atom is 0.344 e. The zero-order valence-corrected chi connectivity index (χ0v) is 10.3. The summed E-state index contributed by atoms with van der Waals surface area (Å²) < 4.78 is 2.00.